The molecule has 0 saturated heterocycles. The highest BCUT2D eigenvalue weighted by atomic mass is 32.1. The highest BCUT2D eigenvalue weighted by Gasteiger charge is 2.07. The number of carbonyl (C=O) groups excluding carboxylic acids is 1. The van der Waals surface area contributed by atoms with Gasteiger partial charge in [-0.05, 0) is 12.1 Å². The zero-order valence-corrected chi connectivity index (χ0v) is 8.84. The normalized spacial score (nSPS) is 10.3. The first-order chi connectivity index (χ1) is 7.16. The standard InChI is InChI=1S/C11H8FNOS/c1-7(14)11-13-10(6-15-11)8-3-2-4-9(12)5-8/h2-6H,1H3. The summed E-state index contributed by atoms with van der Waals surface area (Å²) in [6.45, 7) is 1.47. The van der Waals surface area contributed by atoms with Crippen molar-refractivity contribution in [3.8, 4) is 11.3 Å². The Hall–Kier alpha value is -1.55. The molecule has 0 unspecified atom stereocenters. The summed E-state index contributed by atoms with van der Waals surface area (Å²) >= 11 is 1.28. The van der Waals surface area contributed by atoms with Crippen LogP contribution in [0.1, 0.15) is 16.7 Å². The van der Waals surface area contributed by atoms with E-state index in [2.05, 4.69) is 4.98 Å². The minimum atomic E-state index is -0.301. The number of hydrogen-bond acceptors (Lipinski definition) is 3. The lowest BCUT2D eigenvalue weighted by molar-refractivity contribution is 0.101. The summed E-state index contributed by atoms with van der Waals surface area (Å²) in [4.78, 5) is 15.2. The molecule has 2 rings (SSSR count). The summed E-state index contributed by atoms with van der Waals surface area (Å²) in [6, 6.07) is 6.17. The van der Waals surface area contributed by atoms with Gasteiger partial charge in [0.05, 0.1) is 5.69 Å². The second kappa shape index (κ2) is 3.90. The van der Waals surface area contributed by atoms with E-state index in [0.717, 1.165) is 0 Å². The Morgan fingerprint density at radius 1 is 1.47 bits per heavy atom. The largest absolute Gasteiger partial charge is 0.292 e. The lowest BCUT2D eigenvalue weighted by atomic mass is 10.2. The van der Waals surface area contributed by atoms with Crippen LogP contribution in [-0.2, 0) is 0 Å². The number of nitrogens with zero attached hydrogens (tertiary/aromatic N) is 1. The third kappa shape index (κ3) is 2.10. The van der Waals surface area contributed by atoms with E-state index in [0.29, 0.717) is 16.3 Å². The molecule has 0 bridgehead atoms. The number of halogens is 1. The van der Waals surface area contributed by atoms with E-state index in [-0.39, 0.29) is 11.6 Å². The lowest BCUT2D eigenvalue weighted by Crippen LogP contribution is -1.89. The van der Waals surface area contributed by atoms with Gasteiger partial charge in [-0.1, -0.05) is 12.1 Å². The predicted molar refractivity (Wildman–Crippen MR) is 57.5 cm³/mol. The van der Waals surface area contributed by atoms with Gasteiger partial charge in [0, 0.05) is 17.9 Å². The van der Waals surface area contributed by atoms with E-state index in [9.17, 15) is 9.18 Å². The first kappa shape index (κ1) is 9.98. The van der Waals surface area contributed by atoms with Crippen molar-refractivity contribution in [1.82, 2.24) is 4.98 Å². The second-order valence-corrected chi connectivity index (χ2v) is 3.96. The number of aromatic nitrogens is 1. The Morgan fingerprint density at radius 3 is 2.87 bits per heavy atom. The Bertz CT molecular complexity index is 507. The van der Waals surface area contributed by atoms with Crippen molar-refractivity contribution in [2.24, 2.45) is 0 Å². The summed E-state index contributed by atoms with van der Waals surface area (Å²) in [5, 5.41) is 2.21. The highest BCUT2D eigenvalue weighted by molar-refractivity contribution is 7.12. The van der Waals surface area contributed by atoms with Gasteiger partial charge in [0.25, 0.3) is 0 Å². The molecule has 15 heavy (non-hydrogen) atoms. The molecule has 0 amide bonds. The zero-order valence-electron chi connectivity index (χ0n) is 8.03. The Morgan fingerprint density at radius 2 is 2.27 bits per heavy atom. The van der Waals surface area contributed by atoms with Crippen LogP contribution in [0, 0.1) is 5.82 Å². The van der Waals surface area contributed by atoms with Gasteiger partial charge in [0.2, 0.25) is 0 Å². The van der Waals surface area contributed by atoms with Crippen LogP contribution in [0.4, 0.5) is 4.39 Å². The SMILES string of the molecule is CC(=O)c1nc(-c2cccc(F)c2)cs1. The molecule has 1 aromatic carbocycles. The lowest BCUT2D eigenvalue weighted by Gasteiger charge is -1.95. The summed E-state index contributed by atoms with van der Waals surface area (Å²) in [6.07, 6.45) is 0. The molecule has 76 valence electrons. The molecule has 2 nitrogen and oxygen atoms in total. The molecule has 0 saturated carbocycles. The van der Waals surface area contributed by atoms with Gasteiger partial charge in [-0.25, -0.2) is 9.37 Å². The Kier molecular flexibility index (Phi) is 2.60. The van der Waals surface area contributed by atoms with E-state index in [1.807, 2.05) is 0 Å². The fourth-order valence-electron chi connectivity index (χ4n) is 1.22. The summed E-state index contributed by atoms with van der Waals surface area (Å²) in [7, 11) is 0. The van der Waals surface area contributed by atoms with E-state index in [4.69, 9.17) is 0 Å². The summed E-state index contributed by atoms with van der Waals surface area (Å²) < 4.78 is 12.9. The number of carbonyl (C=O) groups is 1. The van der Waals surface area contributed by atoms with Gasteiger partial charge >= 0.3 is 0 Å². The number of benzene rings is 1. The number of rotatable bonds is 2. The van der Waals surface area contributed by atoms with Crippen LogP contribution < -0.4 is 0 Å². The molecule has 0 atom stereocenters. The van der Waals surface area contributed by atoms with Crippen molar-refractivity contribution in [3.63, 3.8) is 0 Å². The van der Waals surface area contributed by atoms with Crippen molar-refractivity contribution >= 4 is 17.1 Å². The maximum Gasteiger partial charge on any atom is 0.188 e. The minimum absolute atomic E-state index is 0.0670. The van der Waals surface area contributed by atoms with Crippen LogP contribution in [0.2, 0.25) is 0 Å². The maximum atomic E-state index is 12.9. The predicted octanol–water partition coefficient (Wildman–Crippen LogP) is 3.15. The van der Waals surface area contributed by atoms with Crippen LogP contribution in [-0.4, -0.2) is 10.8 Å². The summed E-state index contributed by atoms with van der Waals surface area (Å²) in [5.41, 5.74) is 1.34. The Labute approximate surface area is 90.4 Å². The average Bonchev–Trinajstić information content (AvgIpc) is 2.66. The monoisotopic (exact) mass is 221 g/mol. The molecule has 1 heterocycles. The smallest absolute Gasteiger partial charge is 0.188 e. The molecule has 0 spiro atoms. The van der Waals surface area contributed by atoms with E-state index < -0.39 is 0 Å². The molecule has 4 heteroatoms. The van der Waals surface area contributed by atoms with Gasteiger partial charge in [0.1, 0.15) is 5.82 Å². The first-order valence-electron chi connectivity index (χ1n) is 4.39. The van der Waals surface area contributed by atoms with E-state index in [1.165, 1.54) is 30.4 Å². The fourth-order valence-corrected chi connectivity index (χ4v) is 1.94. The van der Waals surface area contributed by atoms with E-state index in [1.54, 1.807) is 17.5 Å². The topological polar surface area (TPSA) is 30.0 Å². The second-order valence-electron chi connectivity index (χ2n) is 3.10. The molecular formula is C11H8FNOS. The Balaban J connectivity index is 2.41. The first-order valence-corrected chi connectivity index (χ1v) is 5.27. The minimum Gasteiger partial charge on any atom is -0.292 e. The van der Waals surface area contributed by atoms with Gasteiger partial charge in [-0.15, -0.1) is 11.3 Å². The van der Waals surface area contributed by atoms with Gasteiger partial charge in [-0.2, -0.15) is 0 Å². The van der Waals surface area contributed by atoms with Crippen LogP contribution in [0.15, 0.2) is 29.6 Å². The van der Waals surface area contributed by atoms with Crippen molar-refractivity contribution in [3.05, 3.63) is 40.5 Å². The third-order valence-corrected chi connectivity index (χ3v) is 2.87. The number of ketones is 1. The number of hydrogen-bond donors (Lipinski definition) is 0. The molecule has 2 aromatic rings. The summed E-state index contributed by atoms with van der Waals surface area (Å²) in [5.74, 6) is -0.368. The van der Waals surface area contributed by atoms with Crippen molar-refractivity contribution in [2.45, 2.75) is 6.92 Å². The van der Waals surface area contributed by atoms with Crippen LogP contribution in [0.5, 0.6) is 0 Å². The molecule has 1 aromatic heterocycles. The zero-order chi connectivity index (χ0) is 10.8. The average molecular weight is 221 g/mol. The maximum absolute atomic E-state index is 12.9. The molecule has 0 aliphatic heterocycles. The van der Waals surface area contributed by atoms with Crippen molar-refractivity contribution in [1.29, 1.82) is 0 Å². The van der Waals surface area contributed by atoms with Gasteiger partial charge in [0.15, 0.2) is 10.8 Å². The number of thiazole rings is 1. The third-order valence-electron chi connectivity index (χ3n) is 1.93. The molecule has 0 fully saturated rings. The molecular weight excluding hydrogens is 213 g/mol. The van der Waals surface area contributed by atoms with Crippen molar-refractivity contribution in [2.75, 3.05) is 0 Å². The fraction of sp³-hybridized carbons (Fsp3) is 0.0909. The van der Waals surface area contributed by atoms with E-state index >= 15 is 0 Å². The quantitative estimate of drug-likeness (QED) is 0.729. The van der Waals surface area contributed by atoms with Crippen LogP contribution in [0.25, 0.3) is 11.3 Å². The molecule has 0 radical (unpaired) electrons. The molecule has 0 aliphatic carbocycles. The number of Topliss-reactive ketones (excluding diaryl/α,β-unsaturated/α-hetero) is 1. The van der Waals surface area contributed by atoms with Crippen molar-refractivity contribution < 1.29 is 9.18 Å². The molecule has 0 aliphatic rings. The van der Waals surface area contributed by atoms with Gasteiger partial charge in [-0.3, -0.25) is 4.79 Å². The van der Waals surface area contributed by atoms with Gasteiger partial charge < -0.3 is 0 Å². The highest BCUT2D eigenvalue weighted by Crippen LogP contribution is 2.22. The van der Waals surface area contributed by atoms with Crippen LogP contribution in [0.3, 0.4) is 0 Å². The molecule has 0 N–H and O–H groups in total. The van der Waals surface area contributed by atoms with Crippen LogP contribution >= 0.6 is 11.3 Å².